The molecule has 0 saturated carbocycles. The summed E-state index contributed by atoms with van der Waals surface area (Å²) in [6.45, 7) is 11.0. The van der Waals surface area contributed by atoms with Gasteiger partial charge in [0.1, 0.15) is 5.69 Å². The fourth-order valence-electron chi connectivity index (χ4n) is 5.69. The summed E-state index contributed by atoms with van der Waals surface area (Å²) >= 11 is 1.88. The van der Waals surface area contributed by atoms with E-state index in [1.165, 1.54) is 13.0 Å². The predicted octanol–water partition coefficient (Wildman–Crippen LogP) is 9.55. The van der Waals surface area contributed by atoms with E-state index in [0.29, 0.717) is 53.6 Å². The van der Waals surface area contributed by atoms with Gasteiger partial charge in [-0.05, 0) is 36.4 Å². The van der Waals surface area contributed by atoms with E-state index < -0.39 is 11.7 Å². The first-order valence-electron chi connectivity index (χ1n) is 16.7. The number of rotatable bonds is 8. The van der Waals surface area contributed by atoms with Crippen LogP contribution in [0.3, 0.4) is 0 Å². The molecular formula is C40H45F3N4O2S. The van der Waals surface area contributed by atoms with Gasteiger partial charge in [0.05, 0.1) is 48.2 Å². The van der Waals surface area contributed by atoms with Crippen molar-refractivity contribution >= 4 is 34.5 Å². The summed E-state index contributed by atoms with van der Waals surface area (Å²) in [5, 5.41) is 0. The SMILES string of the molecule is COCc1nc2c(N=C(c3ccccc3)c3ccccc3)cc(N3CCOCC3)cn2c1Cc1cccc(C(F)(F)F)c1C.CSC(C)(C)C. The number of anilines is 1. The minimum atomic E-state index is -4.44. The highest BCUT2D eigenvalue weighted by molar-refractivity contribution is 7.99. The normalized spacial score (nSPS) is 13.6. The molecule has 0 N–H and O–H groups in total. The summed E-state index contributed by atoms with van der Waals surface area (Å²) < 4.78 is 55.0. The molecule has 3 aromatic carbocycles. The molecule has 6 rings (SSSR count). The van der Waals surface area contributed by atoms with E-state index in [-0.39, 0.29) is 18.6 Å². The molecule has 2 aromatic heterocycles. The maximum Gasteiger partial charge on any atom is 0.416 e. The Kier molecular flexibility index (Phi) is 12.1. The number of morpholine rings is 1. The van der Waals surface area contributed by atoms with Crippen molar-refractivity contribution in [2.75, 3.05) is 44.6 Å². The Balaban J connectivity index is 0.000000745. The maximum absolute atomic E-state index is 13.8. The molecule has 1 aliphatic rings. The summed E-state index contributed by atoms with van der Waals surface area (Å²) in [5.41, 5.74) is 6.46. The molecule has 50 heavy (non-hydrogen) atoms. The molecule has 0 radical (unpaired) electrons. The standard InChI is InChI=1S/C35H33F3N4O2.C5H12S/c1-24-27(14-9-15-29(24)35(36,37)38)20-32-31(23-43-2)40-34-30(21-28(22-42(32)34)41-16-18-44-19-17-41)39-33(25-10-5-3-6-11-25)26-12-7-4-8-13-26;1-5(2,3)6-4/h3-15,21-22H,16-20,23H2,1-2H3;1-4H3. The van der Waals surface area contributed by atoms with Crippen LogP contribution in [0.15, 0.2) is 96.1 Å². The van der Waals surface area contributed by atoms with E-state index in [9.17, 15) is 13.2 Å². The molecule has 1 aliphatic heterocycles. The quantitative estimate of drug-likeness (QED) is 0.151. The van der Waals surface area contributed by atoms with Gasteiger partial charge < -0.3 is 14.4 Å². The summed E-state index contributed by atoms with van der Waals surface area (Å²) in [4.78, 5) is 12.5. The molecular weight excluding hydrogens is 658 g/mol. The number of alkyl halides is 3. The highest BCUT2D eigenvalue weighted by Crippen LogP contribution is 2.35. The Bertz CT molecular complexity index is 1850. The van der Waals surface area contributed by atoms with Crippen molar-refractivity contribution in [2.24, 2.45) is 4.99 Å². The Morgan fingerprint density at radius 3 is 2.06 bits per heavy atom. The highest BCUT2D eigenvalue weighted by atomic mass is 32.2. The van der Waals surface area contributed by atoms with Crippen molar-refractivity contribution in [1.29, 1.82) is 0 Å². The topological polar surface area (TPSA) is 51.4 Å². The predicted molar refractivity (Wildman–Crippen MR) is 199 cm³/mol. The van der Waals surface area contributed by atoms with Crippen LogP contribution in [0.2, 0.25) is 0 Å². The van der Waals surface area contributed by atoms with Gasteiger partial charge in [0, 0.05) is 48.7 Å². The van der Waals surface area contributed by atoms with Gasteiger partial charge in [-0.25, -0.2) is 9.98 Å². The molecule has 264 valence electrons. The van der Waals surface area contributed by atoms with E-state index in [4.69, 9.17) is 19.5 Å². The lowest BCUT2D eigenvalue weighted by molar-refractivity contribution is -0.138. The van der Waals surface area contributed by atoms with Gasteiger partial charge in [-0.2, -0.15) is 24.9 Å². The zero-order valence-corrected chi connectivity index (χ0v) is 30.4. The fourth-order valence-corrected chi connectivity index (χ4v) is 5.69. The average Bonchev–Trinajstić information content (AvgIpc) is 3.45. The lowest BCUT2D eigenvalue weighted by Crippen LogP contribution is -2.36. The Hall–Kier alpha value is -4.12. The lowest BCUT2D eigenvalue weighted by Gasteiger charge is -2.29. The largest absolute Gasteiger partial charge is 0.416 e. The van der Waals surface area contributed by atoms with Crippen LogP contribution in [0.1, 0.15) is 60.0 Å². The van der Waals surface area contributed by atoms with Gasteiger partial charge in [0.15, 0.2) is 5.65 Å². The summed E-state index contributed by atoms with van der Waals surface area (Å²) in [6.07, 6.45) is -0.0595. The van der Waals surface area contributed by atoms with Gasteiger partial charge in [-0.1, -0.05) is 93.6 Å². The molecule has 0 unspecified atom stereocenters. The number of nitrogens with zero attached hydrogens (tertiary/aromatic N) is 4. The highest BCUT2D eigenvalue weighted by Gasteiger charge is 2.33. The van der Waals surface area contributed by atoms with Crippen molar-refractivity contribution in [3.05, 3.63) is 130 Å². The van der Waals surface area contributed by atoms with Gasteiger partial charge in [-0.3, -0.25) is 4.40 Å². The molecule has 1 fully saturated rings. The van der Waals surface area contributed by atoms with Crippen molar-refractivity contribution in [3.63, 3.8) is 0 Å². The first kappa shape index (κ1) is 37.1. The van der Waals surface area contributed by atoms with Crippen LogP contribution in [-0.4, -0.2) is 59.5 Å². The Labute approximate surface area is 297 Å². The summed E-state index contributed by atoms with van der Waals surface area (Å²) in [7, 11) is 1.59. The molecule has 3 heterocycles. The number of imidazole rings is 1. The van der Waals surface area contributed by atoms with Crippen LogP contribution >= 0.6 is 11.8 Å². The van der Waals surface area contributed by atoms with E-state index in [1.54, 1.807) is 13.2 Å². The second-order valence-electron chi connectivity index (χ2n) is 13.1. The van der Waals surface area contributed by atoms with Gasteiger partial charge in [-0.15, -0.1) is 0 Å². The number of ether oxygens (including phenoxy) is 2. The molecule has 5 aromatic rings. The van der Waals surface area contributed by atoms with Crippen LogP contribution in [0.4, 0.5) is 24.5 Å². The number of hydrogen-bond acceptors (Lipinski definition) is 6. The second kappa shape index (κ2) is 16.3. The van der Waals surface area contributed by atoms with Crippen molar-refractivity contribution < 1.29 is 22.6 Å². The smallest absolute Gasteiger partial charge is 0.378 e. The summed E-state index contributed by atoms with van der Waals surface area (Å²) in [5.74, 6) is 0. The van der Waals surface area contributed by atoms with Crippen LogP contribution < -0.4 is 4.90 Å². The molecule has 1 saturated heterocycles. The molecule has 0 atom stereocenters. The third-order valence-electron chi connectivity index (χ3n) is 8.57. The van der Waals surface area contributed by atoms with Gasteiger partial charge >= 0.3 is 6.18 Å². The number of aromatic nitrogens is 2. The number of fused-ring (bicyclic) bond motifs is 1. The Morgan fingerprint density at radius 2 is 1.52 bits per heavy atom. The number of halogens is 3. The summed E-state index contributed by atoms with van der Waals surface area (Å²) in [6, 6.07) is 26.3. The molecule has 6 nitrogen and oxygen atoms in total. The maximum atomic E-state index is 13.8. The van der Waals surface area contributed by atoms with Crippen LogP contribution in [0, 0.1) is 6.92 Å². The zero-order valence-electron chi connectivity index (χ0n) is 29.6. The number of aliphatic imine (C=N–C) groups is 1. The van der Waals surface area contributed by atoms with Crippen molar-refractivity contribution in [2.45, 2.75) is 51.6 Å². The number of hydrogen-bond donors (Lipinski definition) is 0. The minimum absolute atomic E-state index is 0.204. The number of pyridine rings is 1. The monoisotopic (exact) mass is 702 g/mol. The van der Waals surface area contributed by atoms with E-state index >= 15 is 0 Å². The van der Waals surface area contributed by atoms with E-state index in [1.807, 2.05) is 89.1 Å². The van der Waals surface area contributed by atoms with Crippen LogP contribution in [0.5, 0.6) is 0 Å². The second-order valence-corrected chi connectivity index (χ2v) is 14.7. The van der Waals surface area contributed by atoms with Crippen molar-refractivity contribution in [3.8, 4) is 0 Å². The first-order valence-corrected chi connectivity index (χ1v) is 17.9. The van der Waals surface area contributed by atoms with Gasteiger partial charge in [0.25, 0.3) is 0 Å². The zero-order chi connectivity index (χ0) is 35.9. The van der Waals surface area contributed by atoms with Gasteiger partial charge in [0.2, 0.25) is 0 Å². The molecule has 0 bridgehead atoms. The van der Waals surface area contributed by atoms with Crippen molar-refractivity contribution in [1.82, 2.24) is 9.38 Å². The molecule has 0 aliphatic carbocycles. The molecule has 10 heteroatoms. The number of methoxy groups -OCH3 is 1. The molecule has 0 spiro atoms. The Morgan fingerprint density at radius 1 is 0.920 bits per heavy atom. The van der Waals surface area contributed by atoms with E-state index in [0.717, 1.165) is 34.3 Å². The third kappa shape index (κ3) is 9.15. The fraction of sp³-hybridized carbons (Fsp3) is 0.350. The number of benzene rings is 3. The minimum Gasteiger partial charge on any atom is -0.378 e. The average molecular weight is 703 g/mol. The lowest BCUT2D eigenvalue weighted by atomic mass is 9.98. The van der Waals surface area contributed by atoms with Crippen LogP contribution in [-0.2, 0) is 28.7 Å². The van der Waals surface area contributed by atoms with E-state index in [2.05, 4.69) is 31.9 Å². The molecule has 0 amide bonds. The first-order chi connectivity index (χ1) is 23.9. The third-order valence-corrected chi connectivity index (χ3v) is 9.80. The van der Waals surface area contributed by atoms with Crippen LogP contribution in [0.25, 0.3) is 5.65 Å². The number of thioether (sulfide) groups is 1.